The van der Waals surface area contributed by atoms with Gasteiger partial charge in [0.15, 0.2) is 0 Å². The highest BCUT2D eigenvalue weighted by Gasteiger charge is 2.11. The van der Waals surface area contributed by atoms with E-state index in [1.807, 2.05) is 0 Å². The molecule has 1 fully saturated rings. The molecule has 0 bridgehead atoms. The maximum atomic E-state index is 5.41. The smallest absolute Gasteiger partial charge is 0.132 e. The number of thioether (sulfide) groups is 1. The molecule has 2 rings (SSSR count). The van der Waals surface area contributed by atoms with E-state index in [0.717, 1.165) is 38.5 Å². The average Bonchev–Trinajstić information content (AvgIpc) is 2.40. The third-order valence-corrected chi connectivity index (χ3v) is 3.84. The van der Waals surface area contributed by atoms with Crippen molar-refractivity contribution < 1.29 is 4.74 Å². The Labute approximate surface area is 120 Å². The minimum atomic E-state index is 0. The topological polar surface area (TPSA) is 24.5 Å². The molecule has 1 aliphatic rings. The second-order valence-electron chi connectivity index (χ2n) is 4.22. The molecule has 102 valence electrons. The fourth-order valence-electron chi connectivity index (χ4n) is 2.11. The summed E-state index contributed by atoms with van der Waals surface area (Å²) in [4.78, 5) is 3.68. The molecule has 1 N–H and O–H groups in total. The van der Waals surface area contributed by atoms with Crippen molar-refractivity contribution in [1.82, 2.24) is 10.2 Å². The highest BCUT2D eigenvalue weighted by molar-refractivity contribution is 7.98. The summed E-state index contributed by atoms with van der Waals surface area (Å²) in [6.07, 6.45) is 2.08. The SMILES string of the molecule is COc1cc(CN2CCNCC2)ccc1SC.Cl. The molecule has 0 amide bonds. The first-order chi connectivity index (χ1) is 8.33. The Hall–Kier alpha value is -0.420. The monoisotopic (exact) mass is 288 g/mol. The van der Waals surface area contributed by atoms with Gasteiger partial charge in [-0.15, -0.1) is 24.2 Å². The van der Waals surface area contributed by atoms with Gasteiger partial charge in [-0.3, -0.25) is 4.90 Å². The minimum Gasteiger partial charge on any atom is -0.496 e. The molecule has 0 radical (unpaired) electrons. The molecule has 0 unspecified atom stereocenters. The first-order valence-corrected chi connectivity index (χ1v) is 7.20. The highest BCUT2D eigenvalue weighted by Crippen LogP contribution is 2.28. The Kier molecular flexibility index (Phi) is 6.86. The Morgan fingerprint density at radius 1 is 1.33 bits per heavy atom. The van der Waals surface area contributed by atoms with Gasteiger partial charge in [-0.05, 0) is 24.0 Å². The van der Waals surface area contributed by atoms with Crippen LogP contribution in [0.1, 0.15) is 5.56 Å². The van der Waals surface area contributed by atoms with E-state index in [9.17, 15) is 0 Å². The number of benzene rings is 1. The van der Waals surface area contributed by atoms with Crippen molar-refractivity contribution in [2.45, 2.75) is 11.4 Å². The van der Waals surface area contributed by atoms with Gasteiger partial charge < -0.3 is 10.1 Å². The van der Waals surface area contributed by atoms with Crippen molar-refractivity contribution in [3.63, 3.8) is 0 Å². The van der Waals surface area contributed by atoms with E-state index in [1.54, 1.807) is 18.9 Å². The molecule has 5 heteroatoms. The van der Waals surface area contributed by atoms with Gasteiger partial charge in [-0.1, -0.05) is 6.07 Å². The van der Waals surface area contributed by atoms with Gasteiger partial charge >= 0.3 is 0 Å². The van der Waals surface area contributed by atoms with Gasteiger partial charge in [0.05, 0.1) is 7.11 Å². The molecule has 1 aliphatic heterocycles. The first kappa shape index (κ1) is 15.6. The zero-order valence-corrected chi connectivity index (χ0v) is 12.6. The Bertz CT molecular complexity index is 370. The van der Waals surface area contributed by atoms with Gasteiger partial charge in [-0.25, -0.2) is 0 Å². The van der Waals surface area contributed by atoms with E-state index >= 15 is 0 Å². The summed E-state index contributed by atoms with van der Waals surface area (Å²) in [7, 11) is 1.74. The van der Waals surface area contributed by atoms with Crippen LogP contribution in [0.15, 0.2) is 23.1 Å². The van der Waals surface area contributed by atoms with Gasteiger partial charge in [0, 0.05) is 37.6 Å². The number of nitrogens with one attached hydrogen (secondary N) is 1. The van der Waals surface area contributed by atoms with E-state index in [0.29, 0.717) is 0 Å². The Morgan fingerprint density at radius 3 is 2.67 bits per heavy atom. The Balaban J connectivity index is 0.00000162. The molecule has 18 heavy (non-hydrogen) atoms. The molecule has 0 atom stereocenters. The summed E-state index contributed by atoms with van der Waals surface area (Å²) in [5, 5.41) is 3.37. The molecule has 0 saturated carbocycles. The predicted molar refractivity (Wildman–Crippen MR) is 80.2 cm³/mol. The van der Waals surface area contributed by atoms with Crippen LogP contribution in [0.5, 0.6) is 5.75 Å². The number of hydrogen-bond acceptors (Lipinski definition) is 4. The number of hydrogen-bond donors (Lipinski definition) is 1. The van der Waals surface area contributed by atoms with Crippen molar-refractivity contribution in [2.24, 2.45) is 0 Å². The maximum Gasteiger partial charge on any atom is 0.132 e. The zero-order chi connectivity index (χ0) is 12.1. The van der Waals surface area contributed by atoms with Crippen LogP contribution in [0.3, 0.4) is 0 Å². The summed E-state index contributed by atoms with van der Waals surface area (Å²) in [5.74, 6) is 0.991. The van der Waals surface area contributed by atoms with Crippen molar-refractivity contribution in [1.29, 1.82) is 0 Å². The third-order valence-electron chi connectivity index (χ3n) is 3.06. The fourth-order valence-corrected chi connectivity index (χ4v) is 2.65. The average molecular weight is 289 g/mol. The molecule has 1 aromatic rings. The van der Waals surface area contributed by atoms with Gasteiger partial charge in [-0.2, -0.15) is 0 Å². The molecular formula is C13H21ClN2OS. The normalized spacial score (nSPS) is 16.1. The van der Waals surface area contributed by atoms with E-state index in [-0.39, 0.29) is 12.4 Å². The number of piperazine rings is 1. The second-order valence-corrected chi connectivity index (χ2v) is 5.06. The van der Waals surface area contributed by atoms with E-state index in [1.165, 1.54) is 10.5 Å². The molecule has 3 nitrogen and oxygen atoms in total. The van der Waals surface area contributed by atoms with Crippen molar-refractivity contribution in [3.8, 4) is 5.75 Å². The van der Waals surface area contributed by atoms with Crippen LogP contribution in [0.25, 0.3) is 0 Å². The van der Waals surface area contributed by atoms with Gasteiger partial charge in [0.2, 0.25) is 0 Å². The molecule has 1 aromatic carbocycles. The molecule has 0 aliphatic carbocycles. The molecule has 0 aromatic heterocycles. The second kappa shape index (κ2) is 7.89. The number of halogens is 1. The number of nitrogens with zero attached hydrogens (tertiary/aromatic N) is 1. The molecule has 1 heterocycles. The van der Waals surface area contributed by atoms with Crippen LogP contribution in [0.2, 0.25) is 0 Å². The van der Waals surface area contributed by atoms with Crippen LogP contribution in [0.4, 0.5) is 0 Å². The largest absolute Gasteiger partial charge is 0.496 e. The van der Waals surface area contributed by atoms with Crippen LogP contribution in [0, 0.1) is 0 Å². The summed E-state index contributed by atoms with van der Waals surface area (Å²) < 4.78 is 5.41. The number of methoxy groups -OCH3 is 1. The minimum absolute atomic E-state index is 0. The number of ether oxygens (including phenoxy) is 1. The predicted octanol–water partition coefficient (Wildman–Crippen LogP) is 2.24. The summed E-state index contributed by atoms with van der Waals surface area (Å²) in [5.41, 5.74) is 1.33. The van der Waals surface area contributed by atoms with E-state index in [4.69, 9.17) is 4.74 Å². The lowest BCUT2D eigenvalue weighted by atomic mass is 10.2. The van der Waals surface area contributed by atoms with Crippen LogP contribution in [-0.4, -0.2) is 44.4 Å². The number of rotatable bonds is 4. The van der Waals surface area contributed by atoms with Gasteiger partial charge in [0.25, 0.3) is 0 Å². The zero-order valence-electron chi connectivity index (χ0n) is 10.9. The van der Waals surface area contributed by atoms with Crippen molar-refractivity contribution >= 4 is 24.2 Å². The lowest BCUT2D eigenvalue weighted by Gasteiger charge is -2.27. The van der Waals surface area contributed by atoms with E-state index in [2.05, 4.69) is 34.7 Å². The van der Waals surface area contributed by atoms with Crippen LogP contribution < -0.4 is 10.1 Å². The maximum absolute atomic E-state index is 5.41. The van der Waals surface area contributed by atoms with Crippen molar-refractivity contribution in [3.05, 3.63) is 23.8 Å². The van der Waals surface area contributed by atoms with Crippen LogP contribution >= 0.6 is 24.2 Å². The standard InChI is InChI=1S/C13H20N2OS.ClH/c1-16-12-9-11(3-4-13(12)17-2)10-15-7-5-14-6-8-15;/h3-4,9,14H,5-8,10H2,1-2H3;1H. The molecule has 1 saturated heterocycles. The molecule has 0 spiro atoms. The van der Waals surface area contributed by atoms with E-state index < -0.39 is 0 Å². The van der Waals surface area contributed by atoms with Crippen LogP contribution in [-0.2, 0) is 6.54 Å². The first-order valence-electron chi connectivity index (χ1n) is 5.97. The van der Waals surface area contributed by atoms with Gasteiger partial charge in [0.1, 0.15) is 5.75 Å². The third kappa shape index (κ3) is 4.05. The summed E-state index contributed by atoms with van der Waals surface area (Å²) >= 11 is 1.73. The summed E-state index contributed by atoms with van der Waals surface area (Å²) in [6.45, 7) is 5.48. The fraction of sp³-hybridized carbons (Fsp3) is 0.538. The van der Waals surface area contributed by atoms with Crippen molar-refractivity contribution in [2.75, 3.05) is 39.5 Å². The lowest BCUT2D eigenvalue weighted by Crippen LogP contribution is -2.42. The highest BCUT2D eigenvalue weighted by atomic mass is 35.5. The Morgan fingerprint density at radius 2 is 2.06 bits per heavy atom. The molecular weight excluding hydrogens is 268 g/mol. The lowest BCUT2D eigenvalue weighted by molar-refractivity contribution is 0.233. The summed E-state index contributed by atoms with van der Waals surface area (Å²) in [6, 6.07) is 6.52. The quantitative estimate of drug-likeness (QED) is 0.859.